The Balaban J connectivity index is 2.20. The van der Waals surface area contributed by atoms with Crippen LogP contribution in [-0.2, 0) is 22.5 Å². The van der Waals surface area contributed by atoms with Crippen molar-refractivity contribution in [2.75, 3.05) is 26.3 Å². The van der Waals surface area contributed by atoms with E-state index >= 15 is 0 Å². The summed E-state index contributed by atoms with van der Waals surface area (Å²) in [7, 11) is 0. The zero-order valence-electron chi connectivity index (χ0n) is 14.0. The lowest BCUT2D eigenvalue weighted by Gasteiger charge is -2.22. The number of carboxylic acid groups (broad SMARTS) is 1. The molecular formula is C16H25N3O4. The lowest BCUT2D eigenvalue weighted by atomic mass is 10.1. The average molecular weight is 323 g/mol. The summed E-state index contributed by atoms with van der Waals surface area (Å²) in [5, 5.41) is 13.7. The van der Waals surface area contributed by atoms with E-state index in [0.717, 1.165) is 12.1 Å². The first kappa shape index (κ1) is 17.5. The number of aryl methyl sites for hydroxylation is 1. The number of hydrogen-bond donors (Lipinski definition) is 1. The van der Waals surface area contributed by atoms with E-state index in [1.54, 1.807) is 9.58 Å². The summed E-state index contributed by atoms with van der Waals surface area (Å²) < 4.78 is 7.00. The fraction of sp³-hybridized carbons (Fsp3) is 0.688. The van der Waals surface area contributed by atoms with Gasteiger partial charge in [-0.3, -0.25) is 14.3 Å². The largest absolute Gasteiger partial charge is 0.481 e. The molecule has 2 heterocycles. The van der Waals surface area contributed by atoms with Crippen LogP contribution in [0.3, 0.4) is 0 Å². The van der Waals surface area contributed by atoms with Crippen LogP contribution in [0.2, 0.25) is 0 Å². The van der Waals surface area contributed by atoms with Crippen molar-refractivity contribution in [2.45, 2.75) is 33.7 Å². The number of amides is 1. The second-order valence-corrected chi connectivity index (χ2v) is 6.30. The number of aliphatic carboxylic acids is 1. The molecule has 23 heavy (non-hydrogen) atoms. The number of hydrogen-bond acceptors (Lipinski definition) is 4. The molecule has 128 valence electrons. The minimum atomic E-state index is -0.936. The fourth-order valence-electron chi connectivity index (χ4n) is 2.71. The van der Waals surface area contributed by atoms with Gasteiger partial charge in [-0.1, -0.05) is 13.8 Å². The second-order valence-electron chi connectivity index (χ2n) is 6.30. The third kappa shape index (κ3) is 4.31. The van der Waals surface area contributed by atoms with Gasteiger partial charge in [0.15, 0.2) is 0 Å². The minimum Gasteiger partial charge on any atom is -0.481 e. The van der Waals surface area contributed by atoms with Gasteiger partial charge in [0.05, 0.1) is 24.8 Å². The first-order chi connectivity index (χ1) is 10.9. The summed E-state index contributed by atoms with van der Waals surface area (Å²) in [6.45, 7) is 7.82. The van der Waals surface area contributed by atoms with Crippen LogP contribution in [0.25, 0.3) is 0 Å². The smallest absolute Gasteiger partial charge is 0.310 e. The Hall–Kier alpha value is -1.89. The van der Waals surface area contributed by atoms with Gasteiger partial charge in [0, 0.05) is 19.6 Å². The molecule has 1 N–H and O–H groups in total. The van der Waals surface area contributed by atoms with Gasteiger partial charge in [-0.15, -0.1) is 0 Å². The third-order valence-corrected chi connectivity index (χ3v) is 3.87. The predicted molar refractivity (Wildman–Crippen MR) is 84.3 cm³/mol. The summed E-state index contributed by atoms with van der Waals surface area (Å²) in [6.07, 6.45) is 0.814. The van der Waals surface area contributed by atoms with Gasteiger partial charge < -0.3 is 14.7 Å². The molecule has 1 aromatic heterocycles. The van der Waals surface area contributed by atoms with E-state index in [4.69, 9.17) is 4.74 Å². The highest BCUT2D eigenvalue weighted by atomic mass is 16.5. The van der Waals surface area contributed by atoms with Gasteiger partial charge >= 0.3 is 5.97 Å². The van der Waals surface area contributed by atoms with Crippen LogP contribution in [0.5, 0.6) is 0 Å². The van der Waals surface area contributed by atoms with Gasteiger partial charge in [-0.05, 0) is 25.3 Å². The number of rotatable bonds is 5. The summed E-state index contributed by atoms with van der Waals surface area (Å²) in [5.74, 6) is -1.34. The van der Waals surface area contributed by atoms with Crippen LogP contribution in [-0.4, -0.2) is 58.0 Å². The fourth-order valence-corrected chi connectivity index (χ4v) is 2.71. The molecule has 0 aliphatic carbocycles. The average Bonchev–Trinajstić information content (AvgIpc) is 2.72. The van der Waals surface area contributed by atoms with Crippen LogP contribution in [0.4, 0.5) is 0 Å². The normalized spacial score (nSPS) is 19.0. The third-order valence-electron chi connectivity index (χ3n) is 3.87. The number of aromatic nitrogens is 2. The lowest BCUT2D eigenvalue weighted by Crippen LogP contribution is -2.39. The molecule has 1 saturated heterocycles. The van der Waals surface area contributed by atoms with E-state index < -0.39 is 11.9 Å². The molecule has 7 nitrogen and oxygen atoms in total. The van der Waals surface area contributed by atoms with Crippen LogP contribution >= 0.6 is 0 Å². The van der Waals surface area contributed by atoms with Crippen molar-refractivity contribution < 1.29 is 19.4 Å². The molecule has 1 amide bonds. The predicted octanol–water partition coefficient (Wildman–Crippen LogP) is 1.27. The Labute approximate surface area is 136 Å². The van der Waals surface area contributed by atoms with Crippen molar-refractivity contribution in [3.05, 3.63) is 17.5 Å². The van der Waals surface area contributed by atoms with Crippen molar-refractivity contribution in [1.29, 1.82) is 0 Å². The van der Waals surface area contributed by atoms with E-state index in [1.807, 2.05) is 13.0 Å². The monoisotopic (exact) mass is 323 g/mol. The molecule has 2 rings (SSSR count). The molecule has 7 heteroatoms. The van der Waals surface area contributed by atoms with E-state index in [9.17, 15) is 14.7 Å². The van der Waals surface area contributed by atoms with Gasteiger partial charge in [-0.2, -0.15) is 5.10 Å². The maximum atomic E-state index is 12.8. The molecular weight excluding hydrogens is 298 g/mol. The van der Waals surface area contributed by atoms with Crippen molar-refractivity contribution in [1.82, 2.24) is 14.7 Å². The highest BCUT2D eigenvalue weighted by molar-refractivity contribution is 5.93. The van der Waals surface area contributed by atoms with Gasteiger partial charge in [0.1, 0.15) is 5.69 Å². The lowest BCUT2D eigenvalue weighted by molar-refractivity contribution is -0.143. The first-order valence-electron chi connectivity index (χ1n) is 8.08. The summed E-state index contributed by atoms with van der Waals surface area (Å²) in [5.41, 5.74) is 1.42. The molecule has 0 bridgehead atoms. The molecule has 0 spiro atoms. The van der Waals surface area contributed by atoms with E-state index in [1.165, 1.54) is 0 Å². The molecule has 0 radical (unpaired) electrons. The van der Waals surface area contributed by atoms with E-state index in [-0.39, 0.29) is 19.1 Å². The zero-order valence-corrected chi connectivity index (χ0v) is 14.0. The Morgan fingerprint density at radius 3 is 2.83 bits per heavy atom. The van der Waals surface area contributed by atoms with Crippen molar-refractivity contribution in [3.63, 3.8) is 0 Å². The van der Waals surface area contributed by atoms with Gasteiger partial charge in [-0.25, -0.2) is 0 Å². The Bertz CT molecular complexity index is 568. The highest BCUT2D eigenvalue weighted by Crippen LogP contribution is 2.15. The molecule has 1 atom stereocenters. The second kappa shape index (κ2) is 7.59. The Morgan fingerprint density at radius 2 is 2.22 bits per heavy atom. The van der Waals surface area contributed by atoms with Crippen molar-refractivity contribution in [2.24, 2.45) is 11.8 Å². The maximum Gasteiger partial charge on any atom is 0.310 e. The van der Waals surface area contributed by atoms with Gasteiger partial charge in [0.25, 0.3) is 5.91 Å². The standard InChI is InChI=1S/C16H25N3O4/c1-4-19-14(8-13(17-19)7-11(2)3)15(20)18-5-6-23-10-12(9-18)16(21)22/h8,11-12H,4-7,9-10H2,1-3H3,(H,21,22). The number of carbonyl (C=O) groups excluding carboxylic acids is 1. The van der Waals surface area contributed by atoms with Crippen LogP contribution in [0, 0.1) is 11.8 Å². The molecule has 1 aliphatic rings. The Morgan fingerprint density at radius 1 is 1.48 bits per heavy atom. The number of ether oxygens (including phenoxy) is 1. The summed E-state index contributed by atoms with van der Waals surface area (Å²) in [6, 6.07) is 1.83. The van der Waals surface area contributed by atoms with E-state index in [2.05, 4.69) is 18.9 Å². The SMILES string of the molecule is CCn1nc(CC(C)C)cc1C(=O)N1CCOCC(C(=O)O)C1. The molecule has 1 aromatic rings. The topological polar surface area (TPSA) is 84.7 Å². The number of nitrogens with zero attached hydrogens (tertiary/aromatic N) is 3. The van der Waals surface area contributed by atoms with Gasteiger partial charge in [0.2, 0.25) is 0 Å². The number of carbonyl (C=O) groups is 2. The van der Waals surface area contributed by atoms with Crippen LogP contribution < -0.4 is 0 Å². The number of carboxylic acids is 1. The zero-order chi connectivity index (χ0) is 17.0. The van der Waals surface area contributed by atoms with E-state index in [0.29, 0.717) is 31.3 Å². The highest BCUT2D eigenvalue weighted by Gasteiger charge is 2.29. The summed E-state index contributed by atoms with van der Waals surface area (Å²) >= 11 is 0. The molecule has 0 saturated carbocycles. The molecule has 1 aliphatic heterocycles. The summed E-state index contributed by atoms with van der Waals surface area (Å²) in [4.78, 5) is 25.6. The van der Waals surface area contributed by atoms with Crippen molar-refractivity contribution >= 4 is 11.9 Å². The molecule has 1 unspecified atom stereocenters. The van der Waals surface area contributed by atoms with Crippen molar-refractivity contribution in [3.8, 4) is 0 Å². The molecule has 1 fully saturated rings. The first-order valence-corrected chi connectivity index (χ1v) is 8.08. The minimum absolute atomic E-state index is 0.144. The van der Waals surface area contributed by atoms with Crippen LogP contribution in [0.1, 0.15) is 37.0 Å². The van der Waals surface area contributed by atoms with Crippen LogP contribution in [0.15, 0.2) is 6.07 Å². The quantitative estimate of drug-likeness (QED) is 0.882. The Kier molecular flexibility index (Phi) is 5.76. The maximum absolute atomic E-state index is 12.8. The molecule has 0 aromatic carbocycles.